The second-order valence-corrected chi connectivity index (χ2v) is 18.0. The molecule has 1 spiro atoms. The van der Waals surface area contributed by atoms with Gasteiger partial charge < -0.3 is 0 Å². The van der Waals surface area contributed by atoms with Crippen molar-refractivity contribution < 1.29 is 0 Å². The highest BCUT2D eigenvalue weighted by Gasteiger charge is 2.53. The van der Waals surface area contributed by atoms with Gasteiger partial charge in [-0.25, -0.2) is 15.0 Å². The van der Waals surface area contributed by atoms with Crippen LogP contribution >= 0.6 is 0 Å². The molecule has 12 rings (SSSR count). The largest absolute Gasteiger partial charge is 0.208 e. The number of benzene rings is 8. The molecule has 0 bridgehead atoms. The third-order valence-electron chi connectivity index (χ3n) is 14.0. The van der Waals surface area contributed by atoms with Crippen LogP contribution in [0, 0.1) is 0 Å². The average molecular weight is 782 g/mol. The Morgan fingerprint density at radius 3 is 1.26 bits per heavy atom. The molecule has 9 aromatic rings. The fourth-order valence-corrected chi connectivity index (χ4v) is 11.0. The summed E-state index contributed by atoms with van der Waals surface area (Å²) >= 11 is 0. The summed E-state index contributed by atoms with van der Waals surface area (Å²) in [7, 11) is 0. The molecule has 1 aromatic heterocycles. The summed E-state index contributed by atoms with van der Waals surface area (Å²) in [6.07, 6.45) is 0. The number of rotatable bonds is 4. The van der Waals surface area contributed by atoms with Crippen LogP contribution in [0.1, 0.15) is 72.2 Å². The van der Waals surface area contributed by atoms with Crippen molar-refractivity contribution >= 4 is 0 Å². The third kappa shape index (κ3) is 5.01. The van der Waals surface area contributed by atoms with Gasteiger partial charge in [0, 0.05) is 27.5 Å². The Labute approximate surface area is 357 Å². The van der Waals surface area contributed by atoms with E-state index in [1.54, 1.807) is 0 Å². The molecule has 0 amide bonds. The van der Waals surface area contributed by atoms with Crippen LogP contribution in [0.2, 0.25) is 0 Å². The second kappa shape index (κ2) is 12.9. The molecule has 3 aliphatic carbocycles. The maximum Gasteiger partial charge on any atom is 0.164 e. The standard InChI is InChI=1S/C58H43N3/c1-56(2)45-20-10-8-18-41(45)43-33-31-40(35-51(43)56)55-60-53(37-16-6-5-7-17-37)59-54(61-55)38-28-26-36(27-29-38)39-30-32-44-42-19-9-11-21-46(42)58(52(44)34-39)49-24-14-12-22-47(49)57(3,4)48-23-13-15-25-50(48)58/h5-35H,1-4H3. The van der Waals surface area contributed by atoms with Crippen LogP contribution in [0.3, 0.4) is 0 Å². The summed E-state index contributed by atoms with van der Waals surface area (Å²) in [5.41, 5.74) is 20.5. The topological polar surface area (TPSA) is 38.7 Å². The molecule has 0 unspecified atom stereocenters. The number of aromatic nitrogens is 3. The molecule has 0 atom stereocenters. The third-order valence-corrected chi connectivity index (χ3v) is 14.0. The first kappa shape index (κ1) is 35.7. The summed E-state index contributed by atoms with van der Waals surface area (Å²) in [5.74, 6) is 1.98. The molecule has 0 fully saturated rings. The summed E-state index contributed by atoms with van der Waals surface area (Å²) in [4.78, 5) is 15.4. The van der Waals surface area contributed by atoms with Gasteiger partial charge in [0.2, 0.25) is 0 Å². The lowest BCUT2D eigenvalue weighted by molar-refractivity contribution is 0.563. The highest BCUT2D eigenvalue weighted by atomic mass is 15.0. The van der Waals surface area contributed by atoms with E-state index in [1.807, 2.05) is 18.2 Å². The van der Waals surface area contributed by atoms with Gasteiger partial charge in [-0.2, -0.15) is 0 Å². The quantitative estimate of drug-likeness (QED) is 0.178. The minimum Gasteiger partial charge on any atom is -0.208 e. The molecule has 0 N–H and O–H groups in total. The highest BCUT2D eigenvalue weighted by Crippen LogP contribution is 2.62. The maximum absolute atomic E-state index is 5.18. The van der Waals surface area contributed by atoms with Gasteiger partial charge in [-0.1, -0.05) is 204 Å². The van der Waals surface area contributed by atoms with E-state index in [9.17, 15) is 0 Å². The molecular formula is C58H43N3. The van der Waals surface area contributed by atoms with Crippen LogP contribution in [0.25, 0.3) is 67.5 Å². The van der Waals surface area contributed by atoms with Crippen molar-refractivity contribution in [3.05, 3.63) is 233 Å². The minimum atomic E-state index is -0.435. The van der Waals surface area contributed by atoms with E-state index in [1.165, 1.54) is 72.3 Å². The van der Waals surface area contributed by atoms with E-state index >= 15 is 0 Å². The fraction of sp³-hybridized carbons (Fsp3) is 0.121. The summed E-state index contributed by atoms with van der Waals surface area (Å²) in [6, 6.07) is 68.8. The maximum atomic E-state index is 5.18. The van der Waals surface area contributed by atoms with Crippen molar-refractivity contribution in [2.45, 2.75) is 43.9 Å². The Morgan fingerprint density at radius 1 is 0.262 bits per heavy atom. The number of fused-ring (bicyclic) bond motifs is 12. The van der Waals surface area contributed by atoms with Crippen molar-refractivity contribution in [1.29, 1.82) is 0 Å². The Balaban J connectivity index is 0.979. The van der Waals surface area contributed by atoms with E-state index in [4.69, 9.17) is 15.0 Å². The zero-order chi connectivity index (χ0) is 41.1. The molecule has 290 valence electrons. The summed E-state index contributed by atoms with van der Waals surface area (Å²) in [5, 5.41) is 0. The molecule has 0 saturated carbocycles. The fourth-order valence-electron chi connectivity index (χ4n) is 11.0. The Bertz CT molecular complexity index is 3200. The Morgan fingerprint density at radius 2 is 0.639 bits per heavy atom. The lowest BCUT2D eigenvalue weighted by atomic mass is 9.55. The van der Waals surface area contributed by atoms with Gasteiger partial charge in [0.25, 0.3) is 0 Å². The zero-order valence-corrected chi connectivity index (χ0v) is 34.7. The lowest BCUT2D eigenvalue weighted by Gasteiger charge is -2.46. The second-order valence-electron chi connectivity index (χ2n) is 18.0. The number of nitrogens with zero attached hydrogens (tertiary/aromatic N) is 3. The molecule has 0 radical (unpaired) electrons. The van der Waals surface area contributed by atoms with Crippen LogP contribution in [0.5, 0.6) is 0 Å². The average Bonchev–Trinajstić information content (AvgIpc) is 3.73. The SMILES string of the molecule is CC1(C)c2ccccc2-c2ccc(-c3nc(-c4ccccc4)nc(-c4ccc(-c5ccc6c(c5)C5(c7ccccc7-6)c6ccccc6C(C)(C)c6ccccc65)cc4)n3)cc21. The molecule has 3 aliphatic rings. The van der Waals surface area contributed by atoms with E-state index in [0.29, 0.717) is 17.5 Å². The molecular weight excluding hydrogens is 739 g/mol. The van der Waals surface area contributed by atoms with Crippen molar-refractivity contribution in [2.24, 2.45) is 0 Å². The Hall–Kier alpha value is -7.23. The zero-order valence-electron chi connectivity index (χ0n) is 34.7. The van der Waals surface area contributed by atoms with Crippen molar-refractivity contribution in [3.63, 3.8) is 0 Å². The van der Waals surface area contributed by atoms with Crippen molar-refractivity contribution in [1.82, 2.24) is 15.0 Å². The van der Waals surface area contributed by atoms with Crippen LogP contribution in [0.4, 0.5) is 0 Å². The molecule has 0 aliphatic heterocycles. The van der Waals surface area contributed by atoms with Crippen molar-refractivity contribution in [2.75, 3.05) is 0 Å². The summed E-state index contributed by atoms with van der Waals surface area (Å²) in [6.45, 7) is 9.37. The van der Waals surface area contributed by atoms with Crippen LogP contribution in [-0.4, -0.2) is 15.0 Å². The van der Waals surface area contributed by atoms with Gasteiger partial charge in [0.1, 0.15) is 0 Å². The predicted octanol–water partition coefficient (Wildman–Crippen LogP) is 13.8. The molecule has 3 nitrogen and oxygen atoms in total. The van der Waals surface area contributed by atoms with Crippen molar-refractivity contribution in [3.8, 4) is 67.5 Å². The van der Waals surface area contributed by atoms with Crippen LogP contribution in [0.15, 0.2) is 188 Å². The summed E-state index contributed by atoms with van der Waals surface area (Å²) < 4.78 is 0. The van der Waals surface area contributed by atoms with E-state index < -0.39 is 5.41 Å². The molecule has 0 saturated heterocycles. The monoisotopic (exact) mass is 781 g/mol. The molecule has 3 heteroatoms. The van der Waals surface area contributed by atoms with Gasteiger partial charge in [-0.15, -0.1) is 0 Å². The highest BCUT2D eigenvalue weighted by molar-refractivity contribution is 5.90. The lowest BCUT2D eigenvalue weighted by Crippen LogP contribution is -2.40. The van der Waals surface area contributed by atoms with Gasteiger partial charge >= 0.3 is 0 Å². The van der Waals surface area contributed by atoms with Gasteiger partial charge in [0.15, 0.2) is 17.5 Å². The van der Waals surface area contributed by atoms with Gasteiger partial charge in [0.05, 0.1) is 5.41 Å². The Kier molecular flexibility index (Phi) is 7.54. The molecule has 8 aromatic carbocycles. The molecule has 61 heavy (non-hydrogen) atoms. The van der Waals surface area contributed by atoms with E-state index in [0.717, 1.165) is 22.3 Å². The number of hydrogen-bond acceptors (Lipinski definition) is 3. The van der Waals surface area contributed by atoms with Crippen LogP contribution < -0.4 is 0 Å². The number of hydrogen-bond donors (Lipinski definition) is 0. The smallest absolute Gasteiger partial charge is 0.164 e. The first-order valence-corrected chi connectivity index (χ1v) is 21.4. The van der Waals surface area contributed by atoms with Gasteiger partial charge in [-0.05, 0) is 90.0 Å². The first-order chi connectivity index (χ1) is 29.7. The predicted molar refractivity (Wildman–Crippen MR) is 249 cm³/mol. The van der Waals surface area contributed by atoms with E-state index in [2.05, 4.69) is 198 Å². The normalized spacial score (nSPS) is 15.3. The minimum absolute atomic E-state index is 0.129. The van der Waals surface area contributed by atoms with Gasteiger partial charge in [-0.3, -0.25) is 0 Å². The first-order valence-electron chi connectivity index (χ1n) is 21.4. The van der Waals surface area contributed by atoms with Crippen LogP contribution in [-0.2, 0) is 16.2 Å². The molecule has 1 heterocycles. The van der Waals surface area contributed by atoms with E-state index in [-0.39, 0.29) is 10.8 Å².